The van der Waals surface area contributed by atoms with Gasteiger partial charge in [-0.2, -0.15) is 0 Å². The van der Waals surface area contributed by atoms with E-state index in [1.165, 1.54) is 169 Å². The quantitative estimate of drug-likeness (QED) is 0.148. The van der Waals surface area contributed by atoms with Gasteiger partial charge in [0.1, 0.15) is 11.2 Å². The maximum absolute atomic E-state index is 7.12. The van der Waals surface area contributed by atoms with Crippen molar-refractivity contribution in [2.75, 3.05) is 9.80 Å². The van der Waals surface area contributed by atoms with Crippen molar-refractivity contribution in [2.45, 2.75) is 129 Å². The summed E-state index contributed by atoms with van der Waals surface area (Å²) in [6.45, 7) is 2.21. The molecule has 0 N–H and O–H groups in total. The Hall–Kier alpha value is -6.58. The summed E-state index contributed by atoms with van der Waals surface area (Å²) in [6, 6.07) is 49.5. The molecule has 0 aliphatic heterocycles. The summed E-state index contributed by atoms with van der Waals surface area (Å²) in [5.74, 6) is 6.85. The number of rotatable bonds is 7. The smallest absolute Gasteiger partial charge is 0.137 e. The van der Waals surface area contributed by atoms with Crippen LogP contribution in [0.5, 0.6) is 0 Å². The highest BCUT2D eigenvalue weighted by Crippen LogP contribution is 2.80. The van der Waals surface area contributed by atoms with Crippen LogP contribution in [0.25, 0.3) is 43.8 Å². The van der Waals surface area contributed by atoms with Gasteiger partial charge in [0.05, 0.1) is 0 Å². The second kappa shape index (κ2) is 16.5. The molecule has 13 aliphatic carbocycles. The van der Waals surface area contributed by atoms with Crippen LogP contribution in [0.4, 0.5) is 22.7 Å². The number of allylic oxidation sites excluding steroid dienone is 11. The molecule has 13 aliphatic rings. The first-order valence-corrected chi connectivity index (χ1v) is 31.9. The topological polar surface area (TPSA) is 19.6 Å². The summed E-state index contributed by atoms with van der Waals surface area (Å²) >= 11 is 0. The lowest BCUT2D eigenvalue weighted by atomic mass is 9.54. The third-order valence-electron chi connectivity index (χ3n) is 25.0. The zero-order chi connectivity index (χ0) is 52.2. The molecular formula is C77H74N2O. The van der Waals surface area contributed by atoms with E-state index >= 15 is 0 Å². The standard InChI is InChI=1S/C77H74N2O/c1-46-15-20-56(21-16-46)79(60-26-29-65-63-12-6-8-14-69(63)77(72(65)42-60)53-34-47-33-52(36-53)70(77)35-47)61-27-30-66-67-38-50-19-24-58(37-51(50)39-73(67)80-74(66)43-61)78(57-22-17-49(18-23-57)48-9-3-2-4-10-48)59-25-28-64-62-11-5-7-13-68(62)76(71(64)41-59)32-31-75-44-54(75)40-55(76)45-75/h2-4,7-10,13-24,27,30,37-39,42-43,47,52-55,59,62,68,70H,5-6,11-12,25-26,28-29,31-36,40-41,44-45H2,1H3. The van der Waals surface area contributed by atoms with Crippen molar-refractivity contribution in [3.8, 4) is 11.1 Å². The third kappa shape index (κ3) is 6.23. The van der Waals surface area contributed by atoms with E-state index < -0.39 is 0 Å². The summed E-state index contributed by atoms with van der Waals surface area (Å²) in [7, 11) is 0. The van der Waals surface area contributed by atoms with Gasteiger partial charge in [-0.1, -0.05) is 102 Å². The summed E-state index contributed by atoms with van der Waals surface area (Å²) < 4.78 is 7.12. The molecule has 7 fully saturated rings. The molecule has 12 unspecified atom stereocenters. The van der Waals surface area contributed by atoms with Crippen LogP contribution in [-0.4, -0.2) is 6.04 Å². The Labute approximate surface area is 472 Å². The number of aryl methyl sites for hydroxylation is 1. The Balaban J connectivity index is 0.702. The van der Waals surface area contributed by atoms with Crippen LogP contribution in [0.15, 0.2) is 201 Å². The zero-order valence-electron chi connectivity index (χ0n) is 46.7. The summed E-state index contributed by atoms with van der Waals surface area (Å²) in [4.78, 5) is 5.39. The highest BCUT2D eigenvalue weighted by atomic mass is 16.3. The lowest BCUT2D eigenvalue weighted by Gasteiger charge is -2.50. The van der Waals surface area contributed by atoms with E-state index in [1.54, 1.807) is 22.3 Å². The fourth-order valence-corrected chi connectivity index (χ4v) is 21.9. The molecule has 3 spiro atoms. The molecule has 1 heterocycles. The number of hydrogen-bond acceptors (Lipinski definition) is 3. The van der Waals surface area contributed by atoms with Gasteiger partial charge in [-0.05, 0) is 286 Å². The fourth-order valence-electron chi connectivity index (χ4n) is 21.9. The molecule has 398 valence electrons. The molecule has 3 heteroatoms. The van der Waals surface area contributed by atoms with E-state index in [0.717, 1.165) is 71.4 Å². The van der Waals surface area contributed by atoms with Crippen LogP contribution in [-0.2, 0) is 0 Å². The van der Waals surface area contributed by atoms with E-state index in [4.69, 9.17) is 4.42 Å². The molecule has 6 aromatic carbocycles. The number of nitrogens with zero attached hydrogens (tertiary/aromatic N) is 2. The van der Waals surface area contributed by atoms with E-state index in [1.807, 2.05) is 11.1 Å². The van der Waals surface area contributed by atoms with Crippen LogP contribution >= 0.6 is 0 Å². The van der Waals surface area contributed by atoms with Crippen molar-refractivity contribution in [3.05, 3.63) is 202 Å². The molecular weight excluding hydrogens is 969 g/mol. The molecule has 0 amide bonds. The monoisotopic (exact) mass is 1040 g/mol. The number of hydrogen-bond donors (Lipinski definition) is 0. The van der Waals surface area contributed by atoms with Gasteiger partial charge in [-0.15, -0.1) is 0 Å². The number of anilines is 4. The van der Waals surface area contributed by atoms with E-state index in [-0.39, 0.29) is 5.41 Å². The number of furan rings is 1. The number of fused-ring (bicyclic) bond motifs is 11. The van der Waals surface area contributed by atoms with Gasteiger partial charge >= 0.3 is 0 Å². The normalized spacial score (nSPS) is 34.5. The Morgan fingerprint density at radius 1 is 0.588 bits per heavy atom. The fraction of sp³-hybridized carbons (Fsp3) is 0.403. The lowest BCUT2D eigenvalue weighted by Crippen LogP contribution is -2.43. The van der Waals surface area contributed by atoms with Gasteiger partial charge in [-0.25, -0.2) is 0 Å². The molecule has 20 rings (SSSR count). The highest BCUT2D eigenvalue weighted by molar-refractivity contribution is 6.11. The molecule has 7 saturated carbocycles. The van der Waals surface area contributed by atoms with Crippen LogP contribution in [0.1, 0.15) is 121 Å². The Morgan fingerprint density at radius 2 is 1.41 bits per heavy atom. The molecule has 0 radical (unpaired) electrons. The lowest BCUT2D eigenvalue weighted by molar-refractivity contribution is 0.0627. The van der Waals surface area contributed by atoms with Gasteiger partial charge in [0.2, 0.25) is 0 Å². The highest BCUT2D eigenvalue weighted by Gasteiger charge is 2.71. The maximum Gasteiger partial charge on any atom is 0.137 e. The van der Waals surface area contributed by atoms with Crippen molar-refractivity contribution in [1.82, 2.24) is 0 Å². The summed E-state index contributed by atoms with van der Waals surface area (Å²) in [5, 5.41) is 4.91. The molecule has 0 saturated heterocycles. The van der Waals surface area contributed by atoms with Crippen molar-refractivity contribution >= 4 is 55.5 Å². The van der Waals surface area contributed by atoms with Crippen molar-refractivity contribution in [2.24, 2.45) is 63.6 Å². The van der Waals surface area contributed by atoms with Crippen LogP contribution < -0.4 is 9.80 Å². The number of benzene rings is 6. The first kappa shape index (κ1) is 46.1. The summed E-state index contributed by atoms with van der Waals surface area (Å²) in [5.41, 5.74) is 24.3. The zero-order valence-corrected chi connectivity index (χ0v) is 46.7. The van der Waals surface area contributed by atoms with Crippen LogP contribution in [0.3, 0.4) is 0 Å². The average molecular weight is 1040 g/mol. The van der Waals surface area contributed by atoms with Crippen LogP contribution in [0.2, 0.25) is 0 Å². The Bertz CT molecular complexity index is 4010. The predicted molar refractivity (Wildman–Crippen MR) is 328 cm³/mol. The van der Waals surface area contributed by atoms with Gasteiger partial charge < -0.3 is 14.2 Å². The minimum atomic E-state index is 0.222. The van der Waals surface area contributed by atoms with Crippen molar-refractivity contribution in [3.63, 3.8) is 0 Å². The Kier molecular flexibility index (Phi) is 9.53. The largest absolute Gasteiger partial charge is 0.456 e. The second-order valence-electron chi connectivity index (χ2n) is 28.2. The van der Waals surface area contributed by atoms with E-state index in [0.29, 0.717) is 16.9 Å². The molecule has 3 nitrogen and oxygen atoms in total. The SMILES string of the molecule is Cc1ccc(N(C2=CC3=C(CC2)C2=C(C=CCC2)C32C3CC4CC(C3)C2C4)c2ccc3c(c2)oc2cc4cc(N(c5ccc(-c6ccccc6)cc5)C5CCC6=C(C5)C5(CCC78CC7CC5C8)C5C=CCCC65)ccc4cc23)cc1. The summed E-state index contributed by atoms with van der Waals surface area (Å²) in [6.07, 6.45) is 37.3. The first-order chi connectivity index (χ1) is 39.4. The van der Waals surface area contributed by atoms with Gasteiger partial charge in [0, 0.05) is 62.2 Å². The van der Waals surface area contributed by atoms with Crippen molar-refractivity contribution < 1.29 is 4.42 Å². The molecule has 1 aromatic heterocycles. The predicted octanol–water partition coefficient (Wildman–Crippen LogP) is 20.3. The second-order valence-corrected chi connectivity index (χ2v) is 28.2. The van der Waals surface area contributed by atoms with E-state index in [9.17, 15) is 0 Å². The van der Waals surface area contributed by atoms with Crippen LogP contribution in [0, 0.1) is 70.5 Å². The molecule has 7 aromatic rings. The van der Waals surface area contributed by atoms with Gasteiger partial charge in [-0.3, -0.25) is 0 Å². The van der Waals surface area contributed by atoms with Gasteiger partial charge in [0.15, 0.2) is 0 Å². The molecule has 12 atom stereocenters. The maximum atomic E-state index is 7.12. The Morgan fingerprint density at radius 3 is 2.31 bits per heavy atom. The van der Waals surface area contributed by atoms with E-state index in [2.05, 4.69) is 174 Å². The minimum absolute atomic E-state index is 0.222. The molecule has 80 heavy (non-hydrogen) atoms. The first-order valence-electron chi connectivity index (χ1n) is 31.9. The van der Waals surface area contributed by atoms with Crippen molar-refractivity contribution in [1.29, 1.82) is 0 Å². The van der Waals surface area contributed by atoms with Gasteiger partial charge in [0.25, 0.3) is 0 Å². The minimum Gasteiger partial charge on any atom is -0.456 e. The average Bonchev–Trinajstić information content (AvgIpc) is 4.20. The molecule has 6 bridgehead atoms. The third-order valence-corrected chi connectivity index (χ3v) is 25.0.